The highest BCUT2D eigenvalue weighted by molar-refractivity contribution is 6.32. The van der Waals surface area contributed by atoms with Crippen LogP contribution in [0.4, 0.5) is 0 Å². The van der Waals surface area contributed by atoms with Crippen LogP contribution in [0.1, 0.15) is 19.8 Å². The van der Waals surface area contributed by atoms with Gasteiger partial charge in [0.2, 0.25) is 0 Å². The number of amides is 1. The van der Waals surface area contributed by atoms with Gasteiger partial charge in [0.1, 0.15) is 0 Å². The molecule has 0 atom stereocenters. The summed E-state index contributed by atoms with van der Waals surface area (Å²) in [5.41, 5.74) is 0. The molecule has 0 bridgehead atoms. The summed E-state index contributed by atoms with van der Waals surface area (Å²) in [7, 11) is 0. The summed E-state index contributed by atoms with van der Waals surface area (Å²) >= 11 is 0. The first-order valence-electron chi connectivity index (χ1n) is 4.36. The van der Waals surface area contributed by atoms with Crippen LogP contribution < -0.4 is 5.32 Å². The van der Waals surface area contributed by atoms with Crippen molar-refractivity contribution in [3.8, 4) is 0 Å². The zero-order valence-corrected chi connectivity index (χ0v) is 7.58. The lowest BCUT2D eigenvalue weighted by Gasteiger charge is -2.10. The van der Waals surface area contributed by atoms with Gasteiger partial charge in [0.15, 0.2) is 0 Å². The fourth-order valence-electron chi connectivity index (χ4n) is 1.18. The molecule has 1 aliphatic rings. The maximum Gasteiger partial charge on any atom is 0.396 e. The molecule has 13 heavy (non-hydrogen) atoms. The van der Waals surface area contributed by atoms with Crippen LogP contribution >= 0.6 is 0 Å². The molecule has 0 radical (unpaired) electrons. The minimum atomic E-state index is -0.797. The molecule has 0 aromatic heterocycles. The highest BCUT2D eigenvalue weighted by atomic mass is 16.5. The first kappa shape index (κ1) is 9.77. The van der Waals surface area contributed by atoms with Crippen LogP contribution in [0.5, 0.6) is 0 Å². The van der Waals surface area contributed by atoms with Gasteiger partial charge in [-0.2, -0.15) is 0 Å². The average Bonchev–Trinajstić information content (AvgIpc) is 2.57. The monoisotopic (exact) mass is 183 g/mol. The number of nitrogens with one attached hydrogen (secondary N) is 1. The molecule has 72 valence electrons. The molecule has 0 spiro atoms. The zero-order chi connectivity index (χ0) is 9.68. The number of rotatable bonds is 2. The van der Waals surface area contributed by atoms with E-state index < -0.39 is 11.9 Å². The first-order valence-corrected chi connectivity index (χ1v) is 4.36. The van der Waals surface area contributed by atoms with Crippen molar-refractivity contribution >= 4 is 11.9 Å². The summed E-state index contributed by atoms with van der Waals surface area (Å²) in [4.78, 5) is 22.0. The molecule has 0 aliphatic heterocycles. The molecule has 0 unspecified atom stereocenters. The Bertz CT molecular complexity index is 227. The molecule has 0 heterocycles. The maximum absolute atomic E-state index is 11.1. The van der Waals surface area contributed by atoms with Gasteiger partial charge in [-0.25, -0.2) is 4.79 Å². The summed E-state index contributed by atoms with van der Waals surface area (Å²) in [5, 5.41) is 2.59. The Morgan fingerprint density at radius 2 is 2.08 bits per heavy atom. The van der Waals surface area contributed by atoms with E-state index in [2.05, 4.69) is 10.1 Å². The van der Waals surface area contributed by atoms with E-state index in [0.717, 1.165) is 12.8 Å². The Kier molecular flexibility index (Phi) is 3.49. The second-order valence-corrected chi connectivity index (χ2v) is 2.83. The van der Waals surface area contributed by atoms with Crippen molar-refractivity contribution in [2.24, 2.45) is 0 Å². The molecule has 0 aromatic rings. The van der Waals surface area contributed by atoms with Crippen LogP contribution in [-0.4, -0.2) is 24.5 Å². The lowest BCUT2D eigenvalue weighted by Crippen LogP contribution is -2.38. The summed E-state index contributed by atoms with van der Waals surface area (Å²) in [6, 6.07) is 0.0666. The van der Waals surface area contributed by atoms with Crippen LogP contribution in [0.15, 0.2) is 12.2 Å². The smallest absolute Gasteiger partial charge is 0.396 e. The van der Waals surface area contributed by atoms with Gasteiger partial charge in [-0.1, -0.05) is 12.2 Å². The highest BCUT2D eigenvalue weighted by Crippen LogP contribution is 2.08. The Morgan fingerprint density at radius 3 is 2.62 bits per heavy atom. The summed E-state index contributed by atoms with van der Waals surface area (Å²) < 4.78 is 4.54. The molecule has 4 nitrogen and oxygen atoms in total. The first-order chi connectivity index (χ1) is 6.24. The zero-order valence-electron chi connectivity index (χ0n) is 7.58. The number of esters is 1. The molecule has 0 saturated carbocycles. The van der Waals surface area contributed by atoms with Crippen molar-refractivity contribution in [1.29, 1.82) is 0 Å². The molecule has 0 aromatic carbocycles. The van der Waals surface area contributed by atoms with Crippen molar-refractivity contribution in [2.45, 2.75) is 25.8 Å². The van der Waals surface area contributed by atoms with E-state index in [1.165, 1.54) is 0 Å². The predicted molar refractivity (Wildman–Crippen MR) is 46.9 cm³/mol. The molecule has 1 aliphatic carbocycles. The van der Waals surface area contributed by atoms with Gasteiger partial charge in [0, 0.05) is 6.04 Å². The van der Waals surface area contributed by atoms with Crippen LogP contribution in [0.25, 0.3) is 0 Å². The Morgan fingerprint density at radius 1 is 1.46 bits per heavy atom. The Hall–Kier alpha value is -1.32. The standard InChI is InChI=1S/C9H13NO3/c1-2-13-9(12)8(11)10-7-5-3-4-6-7/h3-4,7H,2,5-6H2,1H3,(H,10,11). The number of ether oxygens (including phenoxy) is 1. The van der Waals surface area contributed by atoms with Crippen molar-refractivity contribution in [3.05, 3.63) is 12.2 Å². The lowest BCUT2D eigenvalue weighted by atomic mass is 10.2. The average molecular weight is 183 g/mol. The molecule has 1 amide bonds. The number of hydrogen-bond donors (Lipinski definition) is 1. The SMILES string of the molecule is CCOC(=O)C(=O)NC1CC=CC1. The molecule has 4 heteroatoms. The third-order valence-corrected chi connectivity index (χ3v) is 1.80. The molecular formula is C9H13NO3. The van der Waals surface area contributed by atoms with Gasteiger partial charge >= 0.3 is 11.9 Å². The fourth-order valence-corrected chi connectivity index (χ4v) is 1.18. The normalized spacial score (nSPS) is 15.8. The molecule has 1 N–H and O–H groups in total. The van der Waals surface area contributed by atoms with E-state index >= 15 is 0 Å². The van der Waals surface area contributed by atoms with Crippen molar-refractivity contribution < 1.29 is 14.3 Å². The van der Waals surface area contributed by atoms with Gasteiger partial charge in [-0.05, 0) is 19.8 Å². The lowest BCUT2D eigenvalue weighted by molar-refractivity contribution is -0.154. The van der Waals surface area contributed by atoms with E-state index in [4.69, 9.17) is 0 Å². The van der Waals surface area contributed by atoms with E-state index in [1.807, 2.05) is 12.2 Å². The topological polar surface area (TPSA) is 55.4 Å². The molecule has 0 saturated heterocycles. The summed E-state index contributed by atoms with van der Waals surface area (Å²) in [6.45, 7) is 1.90. The van der Waals surface area contributed by atoms with Crippen LogP contribution in [-0.2, 0) is 14.3 Å². The van der Waals surface area contributed by atoms with Crippen molar-refractivity contribution in [2.75, 3.05) is 6.61 Å². The largest absolute Gasteiger partial charge is 0.459 e. The number of hydrogen-bond acceptors (Lipinski definition) is 3. The van der Waals surface area contributed by atoms with Crippen LogP contribution in [0.2, 0.25) is 0 Å². The molecule has 1 rings (SSSR count). The highest BCUT2D eigenvalue weighted by Gasteiger charge is 2.19. The third kappa shape index (κ3) is 2.89. The van der Waals surface area contributed by atoms with Gasteiger partial charge < -0.3 is 10.1 Å². The van der Waals surface area contributed by atoms with E-state index in [1.54, 1.807) is 6.92 Å². The fraction of sp³-hybridized carbons (Fsp3) is 0.556. The van der Waals surface area contributed by atoms with Crippen molar-refractivity contribution in [1.82, 2.24) is 5.32 Å². The summed E-state index contributed by atoms with van der Waals surface area (Å²) in [6.07, 6.45) is 5.56. The number of carbonyl (C=O) groups is 2. The second kappa shape index (κ2) is 4.64. The quantitative estimate of drug-likeness (QED) is 0.382. The molecule has 0 fully saturated rings. The predicted octanol–water partition coefficient (Wildman–Crippen LogP) is 0.384. The second-order valence-electron chi connectivity index (χ2n) is 2.83. The molecular weight excluding hydrogens is 170 g/mol. The minimum absolute atomic E-state index is 0.0666. The van der Waals surface area contributed by atoms with E-state index in [0.29, 0.717) is 0 Å². The van der Waals surface area contributed by atoms with Crippen LogP contribution in [0.3, 0.4) is 0 Å². The summed E-state index contributed by atoms with van der Waals surface area (Å²) in [5.74, 6) is -1.44. The Balaban J connectivity index is 2.28. The third-order valence-electron chi connectivity index (χ3n) is 1.80. The minimum Gasteiger partial charge on any atom is -0.459 e. The maximum atomic E-state index is 11.1. The van der Waals surface area contributed by atoms with Gasteiger partial charge in [0.25, 0.3) is 0 Å². The Labute approximate surface area is 76.9 Å². The number of carbonyl (C=O) groups excluding carboxylic acids is 2. The van der Waals surface area contributed by atoms with E-state index in [9.17, 15) is 9.59 Å². The van der Waals surface area contributed by atoms with Crippen molar-refractivity contribution in [3.63, 3.8) is 0 Å². The van der Waals surface area contributed by atoms with Gasteiger partial charge in [0.05, 0.1) is 6.61 Å². The van der Waals surface area contributed by atoms with Gasteiger partial charge in [-0.3, -0.25) is 4.79 Å². The van der Waals surface area contributed by atoms with Crippen LogP contribution in [0, 0.1) is 0 Å². The van der Waals surface area contributed by atoms with E-state index in [-0.39, 0.29) is 12.6 Å². The van der Waals surface area contributed by atoms with Gasteiger partial charge in [-0.15, -0.1) is 0 Å².